The van der Waals surface area contributed by atoms with Gasteiger partial charge in [-0.15, -0.1) is 0 Å². The van der Waals surface area contributed by atoms with Gasteiger partial charge in [0.25, 0.3) is 0 Å². The molecule has 0 bridgehead atoms. The number of Topliss-reactive ketones (excluding diaryl/α,β-unsaturated/α-hetero) is 1. The van der Waals surface area contributed by atoms with Crippen molar-refractivity contribution in [3.8, 4) is 0 Å². The van der Waals surface area contributed by atoms with Gasteiger partial charge in [0.15, 0.2) is 11.8 Å². The number of ketones is 1. The van der Waals surface area contributed by atoms with Crippen molar-refractivity contribution in [3.05, 3.63) is 35.9 Å². The summed E-state index contributed by atoms with van der Waals surface area (Å²) >= 11 is 0. The molecule has 3 nitrogen and oxygen atoms in total. The minimum Gasteiger partial charge on any atom is -0.319 e. The molecule has 1 aromatic rings. The highest BCUT2D eigenvalue weighted by Gasteiger charge is 2.49. The van der Waals surface area contributed by atoms with Crippen LogP contribution in [0.5, 0.6) is 0 Å². The van der Waals surface area contributed by atoms with Crippen molar-refractivity contribution in [2.24, 2.45) is 0 Å². The van der Waals surface area contributed by atoms with Gasteiger partial charge in [0.2, 0.25) is 5.91 Å². The van der Waals surface area contributed by atoms with Gasteiger partial charge in [0.1, 0.15) is 0 Å². The van der Waals surface area contributed by atoms with E-state index >= 15 is 0 Å². The number of halogens is 3. The van der Waals surface area contributed by atoms with Crippen LogP contribution in [0.3, 0.4) is 0 Å². The molecular weight excluding hydrogens is 247 g/mol. The Balaban J connectivity index is 2.39. The number of amides is 1. The fourth-order valence-corrected chi connectivity index (χ4v) is 2.02. The number of carbonyl (C=O) groups excluding carboxylic acids is 2. The maximum absolute atomic E-state index is 13.1. The Morgan fingerprint density at radius 3 is 2.17 bits per heavy atom. The Morgan fingerprint density at radius 2 is 1.72 bits per heavy atom. The second kappa shape index (κ2) is 4.44. The summed E-state index contributed by atoms with van der Waals surface area (Å²) in [5.41, 5.74) is -0.0342. The monoisotopic (exact) mass is 257 g/mol. The highest BCUT2D eigenvalue weighted by Crippen LogP contribution is 2.39. The molecule has 0 saturated carbocycles. The first-order valence-electron chi connectivity index (χ1n) is 5.32. The van der Waals surface area contributed by atoms with Crippen molar-refractivity contribution < 1.29 is 22.8 Å². The Kier molecular flexibility index (Phi) is 3.11. The third-order valence-corrected chi connectivity index (χ3v) is 2.75. The summed E-state index contributed by atoms with van der Waals surface area (Å²) in [6.07, 6.45) is -5.04. The van der Waals surface area contributed by atoms with E-state index in [0.717, 1.165) is 0 Å². The van der Waals surface area contributed by atoms with Crippen LogP contribution in [-0.4, -0.2) is 29.3 Å². The average molecular weight is 257 g/mol. The number of hydrogen-bond acceptors (Lipinski definition) is 2. The molecule has 1 amide bonds. The van der Waals surface area contributed by atoms with E-state index in [2.05, 4.69) is 0 Å². The number of hydrogen-bond donors (Lipinski definition) is 0. The van der Waals surface area contributed by atoms with Crippen LogP contribution in [0.1, 0.15) is 18.0 Å². The smallest absolute Gasteiger partial charge is 0.319 e. The third-order valence-electron chi connectivity index (χ3n) is 2.75. The predicted octanol–water partition coefficient (Wildman–Crippen LogP) is 2.09. The first kappa shape index (κ1) is 12.6. The van der Waals surface area contributed by atoms with E-state index in [4.69, 9.17) is 0 Å². The Hall–Kier alpha value is -1.85. The van der Waals surface area contributed by atoms with Crippen molar-refractivity contribution in [1.29, 1.82) is 0 Å². The van der Waals surface area contributed by atoms with Crippen LogP contribution in [0.4, 0.5) is 13.2 Å². The molecule has 1 aromatic carbocycles. The van der Waals surface area contributed by atoms with E-state index in [1.807, 2.05) is 0 Å². The Morgan fingerprint density at radius 1 is 1.11 bits per heavy atom. The molecule has 1 atom stereocenters. The van der Waals surface area contributed by atoms with E-state index in [1.54, 1.807) is 6.07 Å². The Bertz CT molecular complexity index is 470. The van der Waals surface area contributed by atoms with Gasteiger partial charge < -0.3 is 4.90 Å². The van der Waals surface area contributed by atoms with E-state index in [0.29, 0.717) is 4.90 Å². The lowest BCUT2D eigenvalue weighted by Crippen LogP contribution is -2.39. The predicted molar refractivity (Wildman–Crippen MR) is 56.6 cm³/mol. The fraction of sp³-hybridized carbons (Fsp3) is 0.333. The van der Waals surface area contributed by atoms with Crippen molar-refractivity contribution in [2.75, 3.05) is 6.54 Å². The summed E-state index contributed by atoms with van der Waals surface area (Å²) in [5.74, 6) is -1.25. The topological polar surface area (TPSA) is 37.4 Å². The molecule has 6 heteroatoms. The number of carbonyl (C=O) groups is 2. The average Bonchev–Trinajstić information content (AvgIpc) is 2.58. The minimum atomic E-state index is -4.60. The van der Waals surface area contributed by atoms with Gasteiger partial charge in [-0.1, -0.05) is 30.3 Å². The summed E-state index contributed by atoms with van der Waals surface area (Å²) in [6, 6.07) is 5.08. The lowest BCUT2D eigenvalue weighted by atomic mass is 10.1. The van der Waals surface area contributed by atoms with Crippen LogP contribution < -0.4 is 0 Å². The van der Waals surface area contributed by atoms with E-state index in [-0.39, 0.29) is 5.56 Å². The Labute approximate surface area is 101 Å². The van der Waals surface area contributed by atoms with Gasteiger partial charge in [-0.25, -0.2) is 0 Å². The summed E-state index contributed by atoms with van der Waals surface area (Å²) in [7, 11) is 0. The standard InChI is InChI=1S/C12H10F3NO2/c13-12(14,15)11(8-4-2-1-3-5-8)16-7-9(17)6-10(16)18/h1-5,11H,6-7H2. The maximum Gasteiger partial charge on any atom is 0.413 e. The van der Waals surface area contributed by atoms with Crippen LogP contribution in [-0.2, 0) is 9.59 Å². The van der Waals surface area contributed by atoms with E-state index < -0.39 is 36.9 Å². The van der Waals surface area contributed by atoms with Gasteiger partial charge in [-0.3, -0.25) is 9.59 Å². The third kappa shape index (κ3) is 2.37. The SMILES string of the molecule is O=C1CC(=O)N(C(c2ccccc2)C(F)(F)F)C1. The van der Waals surface area contributed by atoms with E-state index in [9.17, 15) is 22.8 Å². The molecule has 1 unspecified atom stereocenters. The molecule has 18 heavy (non-hydrogen) atoms. The van der Waals surface area contributed by atoms with Crippen LogP contribution in [0.25, 0.3) is 0 Å². The molecule has 0 N–H and O–H groups in total. The van der Waals surface area contributed by atoms with Gasteiger partial charge in [-0.2, -0.15) is 13.2 Å². The zero-order valence-electron chi connectivity index (χ0n) is 9.28. The van der Waals surface area contributed by atoms with Gasteiger partial charge in [0, 0.05) is 0 Å². The minimum absolute atomic E-state index is 0.0342. The highest BCUT2D eigenvalue weighted by molar-refractivity contribution is 6.05. The van der Waals surface area contributed by atoms with Gasteiger partial charge in [0.05, 0.1) is 13.0 Å². The molecule has 1 heterocycles. The molecule has 96 valence electrons. The number of rotatable bonds is 2. The van der Waals surface area contributed by atoms with Crippen molar-refractivity contribution in [2.45, 2.75) is 18.6 Å². The molecule has 0 spiro atoms. The summed E-state index contributed by atoms with van der Waals surface area (Å²) in [4.78, 5) is 23.1. The van der Waals surface area contributed by atoms with Crippen LogP contribution in [0.15, 0.2) is 30.3 Å². The molecule has 1 aliphatic rings. The first-order valence-corrected chi connectivity index (χ1v) is 5.32. The van der Waals surface area contributed by atoms with Crippen LogP contribution in [0.2, 0.25) is 0 Å². The zero-order chi connectivity index (χ0) is 13.3. The number of benzene rings is 1. The fourth-order valence-electron chi connectivity index (χ4n) is 2.02. The van der Waals surface area contributed by atoms with Crippen LogP contribution in [0, 0.1) is 0 Å². The second-order valence-electron chi connectivity index (χ2n) is 4.09. The molecule has 1 aliphatic heterocycles. The molecule has 1 saturated heterocycles. The van der Waals surface area contributed by atoms with E-state index in [1.165, 1.54) is 24.3 Å². The molecule has 0 aliphatic carbocycles. The van der Waals surface area contributed by atoms with Crippen molar-refractivity contribution in [3.63, 3.8) is 0 Å². The normalized spacial score (nSPS) is 18.3. The molecule has 0 radical (unpaired) electrons. The summed E-state index contributed by atoms with van der Waals surface area (Å²) in [6.45, 7) is -0.474. The number of alkyl halides is 3. The largest absolute Gasteiger partial charge is 0.413 e. The maximum atomic E-state index is 13.1. The van der Waals surface area contributed by atoms with Gasteiger partial charge in [-0.05, 0) is 5.56 Å². The summed E-state index contributed by atoms with van der Waals surface area (Å²) in [5, 5.41) is 0. The molecule has 2 rings (SSSR count). The lowest BCUT2D eigenvalue weighted by molar-refractivity contribution is -0.188. The quantitative estimate of drug-likeness (QED) is 0.761. The van der Waals surface area contributed by atoms with Gasteiger partial charge >= 0.3 is 6.18 Å². The zero-order valence-corrected chi connectivity index (χ0v) is 9.28. The lowest BCUT2D eigenvalue weighted by Gasteiger charge is -2.29. The second-order valence-corrected chi connectivity index (χ2v) is 4.09. The molecule has 0 aromatic heterocycles. The van der Waals surface area contributed by atoms with Crippen molar-refractivity contribution >= 4 is 11.7 Å². The molecular formula is C12H10F3NO2. The first-order chi connectivity index (χ1) is 8.39. The number of nitrogens with zero attached hydrogens (tertiary/aromatic N) is 1. The van der Waals surface area contributed by atoms with Crippen LogP contribution >= 0.6 is 0 Å². The highest BCUT2D eigenvalue weighted by atomic mass is 19.4. The number of likely N-dealkylation sites (tertiary alicyclic amines) is 1. The molecule has 1 fully saturated rings. The summed E-state index contributed by atoms with van der Waals surface area (Å²) < 4.78 is 39.2. The van der Waals surface area contributed by atoms with Crippen molar-refractivity contribution in [1.82, 2.24) is 4.90 Å².